The lowest BCUT2D eigenvalue weighted by Crippen LogP contribution is -2.27. The SMILES string of the molecule is COc1ccc(-c2nnc(SCC(=O)Nc3ccccc3C(=O)NCCc3ccccc3)o2)cc1. The molecular weight excluding hydrogens is 464 g/mol. The van der Waals surface area contributed by atoms with Crippen molar-refractivity contribution in [2.24, 2.45) is 0 Å². The van der Waals surface area contributed by atoms with Crippen molar-refractivity contribution in [1.29, 1.82) is 0 Å². The zero-order valence-corrected chi connectivity index (χ0v) is 19.9. The maximum absolute atomic E-state index is 12.7. The predicted octanol–water partition coefficient (Wildman–Crippen LogP) is 4.45. The lowest BCUT2D eigenvalue weighted by atomic mass is 10.1. The van der Waals surface area contributed by atoms with Gasteiger partial charge in [-0.05, 0) is 48.4 Å². The highest BCUT2D eigenvalue weighted by Gasteiger charge is 2.15. The number of nitrogens with one attached hydrogen (secondary N) is 2. The Balaban J connectivity index is 1.30. The van der Waals surface area contributed by atoms with E-state index in [1.54, 1.807) is 43.5 Å². The molecule has 0 aliphatic heterocycles. The monoisotopic (exact) mass is 488 g/mol. The van der Waals surface area contributed by atoms with Crippen LogP contribution in [-0.2, 0) is 11.2 Å². The van der Waals surface area contributed by atoms with Crippen molar-refractivity contribution >= 4 is 29.3 Å². The Labute approximate surface area is 207 Å². The van der Waals surface area contributed by atoms with Gasteiger partial charge in [-0.3, -0.25) is 9.59 Å². The zero-order valence-electron chi connectivity index (χ0n) is 19.1. The highest BCUT2D eigenvalue weighted by atomic mass is 32.2. The third-order valence-corrected chi connectivity index (χ3v) is 5.88. The van der Waals surface area contributed by atoms with E-state index in [2.05, 4.69) is 20.8 Å². The molecule has 8 nitrogen and oxygen atoms in total. The molecule has 1 heterocycles. The van der Waals surface area contributed by atoms with Crippen molar-refractivity contribution in [3.8, 4) is 17.2 Å². The summed E-state index contributed by atoms with van der Waals surface area (Å²) in [6.45, 7) is 0.495. The summed E-state index contributed by atoms with van der Waals surface area (Å²) in [7, 11) is 1.60. The van der Waals surface area contributed by atoms with Gasteiger partial charge < -0.3 is 19.8 Å². The number of thioether (sulfide) groups is 1. The van der Waals surface area contributed by atoms with Crippen LogP contribution in [0.5, 0.6) is 5.75 Å². The van der Waals surface area contributed by atoms with Crippen molar-refractivity contribution in [3.63, 3.8) is 0 Å². The number of hydrogen-bond donors (Lipinski definition) is 2. The molecule has 2 amide bonds. The summed E-state index contributed by atoms with van der Waals surface area (Å²) < 4.78 is 10.8. The molecule has 1 aromatic heterocycles. The lowest BCUT2D eigenvalue weighted by molar-refractivity contribution is -0.113. The molecule has 0 saturated heterocycles. The topological polar surface area (TPSA) is 106 Å². The van der Waals surface area contributed by atoms with Crippen LogP contribution in [0.2, 0.25) is 0 Å². The minimum Gasteiger partial charge on any atom is -0.497 e. The van der Waals surface area contributed by atoms with Gasteiger partial charge in [0.05, 0.1) is 24.1 Å². The number of benzene rings is 3. The van der Waals surface area contributed by atoms with E-state index >= 15 is 0 Å². The largest absolute Gasteiger partial charge is 0.497 e. The van der Waals surface area contributed by atoms with Crippen LogP contribution in [0, 0.1) is 0 Å². The first-order valence-corrected chi connectivity index (χ1v) is 11.9. The van der Waals surface area contributed by atoms with E-state index in [0.29, 0.717) is 23.7 Å². The molecule has 0 radical (unpaired) electrons. The van der Waals surface area contributed by atoms with Gasteiger partial charge in [-0.2, -0.15) is 0 Å². The molecule has 0 spiro atoms. The van der Waals surface area contributed by atoms with Crippen LogP contribution in [0.15, 0.2) is 88.5 Å². The molecule has 178 valence electrons. The molecule has 0 fully saturated rings. The molecule has 0 aliphatic rings. The molecule has 0 atom stereocenters. The fraction of sp³-hybridized carbons (Fsp3) is 0.154. The van der Waals surface area contributed by atoms with E-state index in [1.807, 2.05) is 42.5 Å². The second-order valence-electron chi connectivity index (χ2n) is 7.48. The van der Waals surface area contributed by atoms with Gasteiger partial charge in [-0.15, -0.1) is 10.2 Å². The highest BCUT2D eigenvalue weighted by molar-refractivity contribution is 7.99. The molecule has 9 heteroatoms. The Morgan fingerprint density at radius 3 is 2.46 bits per heavy atom. The van der Waals surface area contributed by atoms with E-state index in [4.69, 9.17) is 9.15 Å². The van der Waals surface area contributed by atoms with E-state index in [9.17, 15) is 9.59 Å². The van der Waals surface area contributed by atoms with Gasteiger partial charge in [0.2, 0.25) is 11.8 Å². The Bertz CT molecular complexity index is 1280. The number of nitrogens with zero attached hydrogens (tertiary/aromatic N) is 2. The van der Waals surface area contributed by atoms with E-state index in [-0.39, 0.29) is 22.8 Å². The summed E-state index contributed by atoms with van der Waals surface area (Å²) in [6, 6.07) is 24.1. The summed E-state index contributed by atoms with van der Waals surface area (Å²) in [5.74, 6) is 0.598. The molecular formula is C26H24N4O4S. The number of rotatable bonds is 10. The van der Waals surface area contributed by atoms with Crippen molar-refractivity contribution in [2.45, 2.75) is 11.6 Å². The third kappa shape index (κ3) is 6.70. The molecule has 3 aromatic carbocycles. The number of aromatic nitrogens is 2. The predicted molar refractivity (Wildman–Crippen MR) is 135 cm³/mol. The van der Waals surface area contributed by atoms with Crippen LogP contribution in [0.1, 0.15) is 15.9 Å². The number of hydrogen-bond acceptors (Lipinski definition) is 7. The van der Waals surface area contributed by atoms with E-state index in [1.165, 1.54) is 0 Å². The standard InChI is InChI=1S/C26H24N4O4S/c1-33-20-13-11-19(12-14-20)25-29-30-26(34-25)35-17-23(31)28-22-10-6-5-9-21(22)24(32)27-16-15-18-7-3-2-4-8-18/h2-14H,15-17H2,1H3,(H,27,32)(H,28,31). The fourth-order valence-electron chi connectivity index (χ4n) is 3.28. The summed E-state index contributed by atoms with van der Waals surface area (Å²) in [6.07, 6.45) is 0.723. The number of carbonyl (C=O) groups excluding carboxylic acids is 2. The number of carbonyl (C=O) groups is 2. The smallest absolute Gasteiger partial charge is 0.277 e. The Morgan fingerprint density at radius 2 is 1.69 bits per heavy atom. The van der Waals surface area contributed by atoms with Gasteiger partial charge in [0.1, 0.15) is 5.75 Å². The Hall–Kier alpha value is -4.11. The quantitative estimate of drug-likeness (QED) is 0.318. The van der Waals surface area contributed by atoms with Gasteiger partial charge in [0.25, 0.3) is 11.1 Å². The highest BCUT2D eigenvalue weighted by Crippen LogP contribution is 2.25. The maximum atomic E-state index is 12.7. The van der Waals surface area contributed by atoms with Gasteiger partial charge >= 0.3 is 0 Å². The molecule has 2 N–H and O–H groups in total. The molecule has 4 rings (SSSR count). The molecule has 35 heavy (non-hydrogen) atoms. The average Bonchev–Trinajstić information content (AvgIpc) is 3.37. The second kappa shape index (κ2) is 11.8. The van der Waals surface area contributed by atoms with Crippen LogP contribution in [0.25, 0.3) is 11.5 Å². The second-order valence-corrected chi connectivity index (χ2v) is 8.40. The Kier molecular flexibility index (Phi) is 8.13. The number of methoxy groups -OCH3 is 1. The van der Waals surface area contributed by atoms with Crippen molar-refractivity contribution in [1.82, 2.24) is 15.5 Å². The van der Waals surface area contributed by atoms with Crippen LogP contribution >= 0.6 is 11.8 Å². The normalized spacial score (nSPS) is 10.5. The summed E-state index contributed by atoms with van der Waals surface area (Å²) >= 11 is 1.12. The molecule has 0 unspecified atom stereocenters. The van der Waals surface area contributed by atoms with E-state index in [0.717, 1.165) is 35.1 Å². The first kappa shape index (κ1) is 24.0. The summed E-state index contributed by atoms with van der Waals surface area (Å²) in [4.78, 5) is 25.2. The molecule has 0 saturated carbocycles. The van der Waals surface area contributed by atoms with Gasteiger partial charge in [-0.1, -0.05) is 54.2 Å². The summed E-state index contributed by atoms with van der Waals surface area (Å²) in [5, 5.41) is 14.0. The van der Waals surface area contributed by atoms with Crippen LogP contribution in [0.3, 0.4) is 0 Å². The molecule has 0 bridgehead atoms. The first-order valence-electron chi connectivity index (χ1n) is 10.9. The number of para-hydroxylation sites is 1. The fourth-order valence-corrected chi connectivity index (χ4v) is 3.85. The first-order chi connectivity index (χ1) is 17.1. The maximum Gasteiger partial charge on any atom is 0.277 e. The lowest BCUT2D eigenvalue weighted by Gasteiger charge is -2.11. The summed E-state index contributed by atoms with van der Waals surface area (Å²) in [5.41, 5.74) is 2.74. The average molecular weight is 489 g/mol. The van der Waals surface area contributed by atoms with Crippen LogP contribution in [-0.4, -0.2) is 41.4 Å². The number of amides is 2. The van der Waals surface area contributed by atoms with Crippen molar-refractivity contribution in [3.05, 3.63) is 90.0 Å². The Morgan fingerprint density at radius 1 is 0.943 bits per heavy atom. The minimum absolute atomic E-state index is 0.0498. The van der Waals surface area contributed by atoms with Crippen molar-refractivity contribution in [2.75, 3.05) is 24.7 Å². The number of ether oxygens (including phenoxy) is 1. The minimum atomic E-state index is -0.288. The molecule has 0 aliphatic carbocycles. The molecule has 4 aromatic rings. The van der Waals surface area contributed by atoms with Gasteiger partial charge in [0.15, 0.2) is 0 Å². The van der Waals surface area contributed by atoms with Gasteiger partial charge in [0, 0.05) is 12.1 Å². The zero-order chi connectivity index (χ0) is 24.5. The van der Waals surface area contributed by atoms with Crippen LogP contribution in [0.4, 0.5) is 5.69 Å². The third-order valence-electron chi connectivity index (χ3n) is 5.06. The van der Waals surface area contributed by atoms with Gasteiger partial charge in [-0.25, -0.2) is 0 Å². The van der Waals surface area contributed by atoms with Crippen LogP contribution < -0.4 is 15.4 Å². The van der Waals surface area contributed by atoms with E-state index < -0.39 is 0 Å². The number of anilines is 1. The van der Waals surface area contributed by atoms with Crippen molar-refractivity contribution < 1.29 is 18.7 Å².